The Kier molecular flexibility index (Phi) is 22.4. The van der Waals surface area contributed by atoms with E-state index in [0.717, 1.165) is 16.7 Å². The number of hydrogen-bond acceptors (Lipinski definition) is 13. The van der Waals surface area contributed by atoms with Crippen LogP contribution < -0.4 is 64.2 Å². The molecule has 4 aromatic carbocycles. The summed E-state index contributed by atoms with van der Waals surface area (Å²) in [6.45, 7) is 21.7. The summed E-state index contributed by atoms with van der Waals surface area (Å²) in [6.07, 6.45) is -1.07. The van der Waals surface area contributed by atoms with E-state index in [1.165, 1.54) is 111 Å². The van der Waals surface area contributed by atoms with Crippen LogP contribution in [0.3, 0.4) is 0 Å². The van der Waals surface area contributed by atoms with E-state index in [1.54, 1.807) is 78.9 Å². The van der Waals surface area contributed by atoms with Gasteiger partial charge in [0.25, 0.3) is 0 Å². The maximum atomic E-state index is 15.4. The van der Waals surface area contributed by atoms with Gasteiger partial charge in [-0.25, -0.2) is 4.79 Å². The van der Waals surface area contributed by atoms with Crippen molar-refractivity contribution in [2.24, 2.45) is 5.73 Å². The summed E-state index contributed by atoms with van der Waals surface area (Å²) in [5.41, 5.74) is -6.29. The molecule has 0 spiro atoms. The van der Waals surface area contributed by atoms with E-state index in [1.807, 2.05) is 30.3 Å². The third-order valence-electron chi connectivity index (χ3n) is 15.6. The molecular weight excluding hydrogens is 1180 g/mol. The van der Waals surface area contributed by atoms with E-state index >= 15 is 4.79 Å². The lowest BCUT2D eigenvalue weighted by atomic mass is 9.83. The maximum Gasteiger partial charge on any atom is 0.408 e. The summed E-state index contributed by atoms with van der Waals surface area (Å²) in [5.74, 6) is -8.84. The molecule has 0 radical (unpaired) electrons. The topological polar surface area (TPSA) is 372 Å². The highest BCUT2D eigenvalue weighted by Crippen LogP contribution is 2.37. The zero-order chi connectivity index (χ0) is 69.2. The van der Waals surface area contributed by atoms with Crippen LogP contribution in [0.2, 0.25) is 0 Å². The molecule has 0 saturated carbocycles. The van der Waals surface area contributed by atoms with Crippen LogP contribution in [0.15, 0.2) is 109 Å². The Bertz CT molecular complexity index is 3440. The Morgan fingerprint density at radius 1 is 0.413 bits per heavy atom. The van der Waals surface area contributed by atoms with Crippen molar-refractivity contribution in [2.45, 2.75) is 193 Å². The largest absolute Gasteiger partial charge is 0.445 e. The molecule has 5 rings (SSSR count). The minimum absolute atomic E-state index is 0.0391. The zero-order valence-corrected chi connectivity index (χ0v) is 55.4. The van der Waals surface area contributed by atoms with Crippen molar-refractivity contribution in [3.63, 3.8) is 0 Å². The lowest BCUT2D eigenvalue weighted by Crippen LogP contribution is -2.71. The number of nitrogens with one attached hydrogen (secondary N) is 11. The van der Waals surface area contributed by atoms with Crippen molar-refractivity contribution < 1.29 is 62.3 Å². The minimum Gasteiger partial charge on any atom is -0.445 e. The van der Waals surface area contributed by atoms with Gasteiger partial charge in [-0.2, -0.15) is 0 Å². The van der Waals surface area contributed by atoms with Crippen LogP contribution in [0.5, 0.6) is 0 Å². The number of hydrogen-bond donors (Lipinski definition) is 12. The molecule has 25 heteroatoms. The van der Waals surface area contributed by atoms with Crippen molar-refractivity contribution >= 4 is 71.1 Å². The molecule has 4 aromatic rings. The number of benzene rings is 4. The van der Waals surface area contributed by atoms with Gasteiger partial charge in [-0.15, -0.1) is 0 Å². The van der Waals surface area contributed by atoms with Crippen LogP contribution in [-0.2, 0) is 83.3 Å². The first-order valence-corrected chi connectivity index (χ1v) is 30.0. The highest BCUT2D eigenvalue weighted by molar-refractivity contribution is 6.04. The molecule has 1 atom stereocenters. The Hall–Kier alpha value is -9.68. The fourth-order valence-corrected chi connectivity index (χ4v) is 9.51. The SMILES string of the molecule is CC(C)(NC(=O)[C@H](Cc1ccccc1)NC(=O)OCc1ccccc1)C(=O)NC(C)(C)C(=O)NC(C)(C)C(=O)NC(C)(C)C(=O)NC1(C(=O)NC(C)(C)C(=O)NC(C)(C)C(=O)NC(C)(C)C(=O)NC(C)(C)C(=O)NCC(N)=O)Cc2ccccc2-c2ccccc2C1. The van der Waals surface area contributed by atoms with E-state index in [0.29, 0.717) is 16.7 Å². The standard InChI is InChI=1S/C67H90N12O13/c1-59(2,49(82)69-38-47(68)80)72-51(84)61(5,6)74-53(86)63(9,10)76-55(88)65(13,14)78-57(90)67(36-42-31-23-25-33-44(42)45-34-26-24-32-43(45)37-67)79-56(89)66(15,16)77-54(87)64(11,12)75-52(85)62(7,8)73-50(83)60(3,4)71-48(81)46(35-40-27-19-17-20-28-40)70-58(91)92-39-41-29-21-18-22-30-41/h17-34,46H,35-39H2,1-16H3,(H2,68,80)(H,69,82)(H,70,91)(H,71,81)(H,72,84)(H,73,83)(H,74,86)(H,75,85)(H,76,88)(H,77,87)(H,78,90)(H,79,89)/t46-/m0/s1. The van der Waals surface area contributed by atoms with E-state index < -0.39 is 134 Å². The molecule has 496 valence electrons. The molecule has 0 heterocycles. The van der Waals surface area contributed by atoms with Crippen molar-refractivity contribution in [1.82, 2.24) is 58.5 Å². The van der Waals surface area contributed by atoms with Crippen LogP contribution in [0.1, 0.15) is 133 Å². The van der Waals surface area contributed by atoms with E-state index in [2.05, 4.69) is 58.5 Å². The second-order valence-electron chi connectivity index (χ2n) is 27.5. The molecule has 0 aliphatic heterocycles. The molecule has 13 N–H and O–H groups in total. The van der Waals surface area contributed by atoms with Gasteiger partial charge in [0, 0.05) is 19.3 Å². The number of carbonyl (C=O) groups is 12. The molecule has 25 nitrogen and oxygen atoms in total. The smallest absolute Gasteiger partial charge is 0.408 e. The molecule has 92 heavy (non-hydrogen) atoms. The van der Waals surface area contributed by atoms with Gasteiger partial charge < -0.3 is 69.0 Å². The maximum absolute atomic E-state index is 15.4. The Labute approximate surface area is 537 Å². The number of nitrogens with two attached hydrogens (primary N) is 1. The van der Waals surface area contributed by atoms with Gasteiger partial charge in [0.2, 0.25) is 65.0 Å². The fourth-order valence-electron chi connectivity index (χ4n) is 9.51. The Morgan fingerprint density at radius 2 is 0.739 bits per heavy atom. The molecule has 1 aliphatic carbocycles. The predicted molar refractivity (Wildman–Crippen MR) is 344 cm³/mol. The first-order chi connectivity index (χ1) is 42.3. The number of carbonyl (C=O) groups excluding carboxylic acids is 12. The Morgan fingerprint density at radius 3 is 1.13 bits per heavy atom. The molecular formula is C67H90N12O13. The van der Waals surface area contributed by atoms with E-state index in [-0.39, 0.29) is 25.9 Å². The van der Waals surface area contributed by atoms with Crippen LogP contribution in [-0.4, -0.2) is 134 Å². The zero-order valence-electron chi connectivity index (χ0n) is 55.4. The third kappa shape index (κ3) is 18.9. The highest BCUT2D eigenvalue weighted by Gasteiger charge is 2.50. The summed E-state index contributed by atoms with van der Waals surface area (Å²) in [7, 11) is 0. The first-order valence-electron chi connectivity index (χ1n) is 30.0. The van der Waals surface area contributed by atoms with E-state index in [4.69, 9.17) is 10.5 Å². The molecule has 0 fully saturated rings. The van der Waals surface area contributed by atoms with Gasteiger partial charge in [-0.3, -0.25) is 52.7 Å². The highest BCUT2D eigenvalue weighted by atomic mass is 16.5. The van der Waals surface area contributed by atoms with Crippen molar-refractivity contribution in [1.29, 1.82) is 0 Å². The van der Waals surface area contributed by atoms with Gasteiger partial charge in [0.15, 0.2) is 0 Å². The summed E-state index contributed by atoms with van der Waals surface area (Å²) < 4.78 is 5.39. The number of ether oxygens (including phenoxy) is 1. The van der Waals surface area contributed by atoms with E-state index in [9.17, 15) is 52.7 Å². The van der Waals surface area contributed by atoms with Gasteiger partial charge in [0.1, 0.15) is 62.5 Å². The monoisotopic (exact) mass is 1270 g/mol. The summed E-state index contributed by atoms with van der Waals surface area (Å²) in [6, 6.07) is 31.2. The number of rotatable bonds is 26. The van der Waals surface area contributed by atoms with Gasteiger partial charge >= 0.3 is 6.09 Å². The normalized spacial score (nSPS) is 13.7. The van der Waals surface area contributed by atoms with Crippen LogP contribution in [0.25, 0.3) is 11.1 Å². The van der Waals surface area contributed by atoms with Gasteiger partial charge in [-0.05, 0) is 144 Å². The second-order valence-corrected chi connectivity index (χ2v) is 27.5. The molecule has 1 aliphatic rings. The fraction of sp³-hybridized carbons (Fsp3) is 0.463. The summed E-state index contributed by atoms with van der Waals surface area (Å²) in [4.78, 5) is 166. The van der Waals surface area contributed by atoms with Crippen LogP contribution in [0.4, 0.5) is 4.79 Å². The Balaban J connectivity index is 1.31. The first kappa shape index (κ1) is 73.1. The molecule has 0 unspecified atom stereocenters. The average molecular weight is 1270 g/mol. The lowest BCUT2D eigenvalue weighted by molar-refractivity contribution is -0.143. The summed E-state index contributed by atoms with van der Waals surface area (Å²) >= 11 is 0. The number of alkyl carbamates (subject to hydrolysis) is 1. The number of fused-ring (bicyclic) bond motifs is 3. The lowest BCUT2D eigenvalue weighted by Gasteiger charge is -2.40. The van der Waals surface area contributed by atoms with Crippen LogP contribution >= 0.6 is 0 Å². The van der Waals surface area contributed by atoms with Crippen molar-refractivity contribution in [3.8, 4) is 11.1 Å². The molecule has 0 aromatic heterocycles. The number of amides is 12. The van der Waals surface area contributed by atoms with Crippen molar-refractivity contribution in [2.75, 3.05) is 6.54 Å². The molecule has 12 amide bonds. The number of primary amides is 1. The second kappa shape index (κ2) is 28.2. The summed E-state index contributed by atoms with van der Waals surface area (Å²) in [5, 5.41) is 29.2. The minimum atomic E-state index is -1.89. The van der Waals surface area contributed by atoms with Gasteiger partial charge in [0.05, 0.1) is 6.54 Å². The molecule has 0 saturated heterocycles. The van der Waals surface area contributed by atoms with Crippen molar-refractivity contribution in [3.05, 3.63) is 131 Å². The van der Waals surface area contributed by atoms with Gasteiger partial charge in [-0.1, -0.05) is 109 Å². The third-order valence-corrected chi connectivity index (χ3v) is 15.6. The van der Waals surface area contributed by atoms with Crippen LogP contribution in [0, 0.1) is 0 Å². The average Bonchev–Trinajstić information content (AvgIpc) is 1.52. The predicted octanol–water partition coefficient (Wildman–Crippen LogP) is 2.60. The molecule has 0 bridgehead atoms. The quantitative estimate of drug-likeness (QED) is 0.0431.